The zero-order chi connectivity index (χ0) is 23.7. The van der Waals surface area contributed by atoms with Gasteiger partial charge in [-0.1, -0.05) is 12.1 Å². The molecule has 1 amide bonds. The van der Waals surface area contributed by atoms with Gasteiger partial charge in [-0.15, -0.1) is 0 Å². The van der Waals surface area contributed by atoms with Gasteiger partial charge in [-0.3, -0.25) is 9.52 Å². The minimum atomic E-state index is -4.00. The summed E-state index contributed by atoms with van der Waals surface area (Å²) in [6.45, 7) is 1.51. The van der Waals surface area contributed by atoms with E-state index in [1.165, 1.54) is 31.2 Å². The number of rotatable bonds is 6. The quantitative estimate of drug-likeness (QED) is 0.381. The Morgan fingerprint density at radius 2 is 1.50 bits per heavy atom. The number of nitrogens with one attached hydrogen (secondary N) is 3. The third-order valence-electron chi connectivity index (χ3n) is 4.92. The van der Waals surface area contributed by atoms with Crippen LogP contribution in [0.2, 0.25) is 0 Å². The Balaban J connectivity index is 1.49. The van der Waals surface area contributed by atoms with E-state index < -0.39 is 10.0 Å². The van der Waals surface area contributed by atoms with Crippen LogP contribution in [-0.2, 0) is 14.8 Å². The lowest BCUT2D eigenvalue weighted by Crippen LogP contribution is -2.16. The minimum absolute atomic E-state index is 0.00518. The molecule has 0 unspecified atom stereocenters. The first-order valence-corrected chi connectivity index (χ1v) is 11.7. The second kappa shape index (κ2) is 8.52. The molecule has 5 rings (SSSR count). The second-order valence-corrected chi connectivity index (χ2v) is 9.10. The van der Waals surface area contributed by atoms with Crippen LogP contribution < -0.4 is 24.8 Å². The highest BCUT2D eigenvalue weighted by atomic mass is 32.2. The molecule has 1 aliphatic rings. The zero-order valence-electron chi connectivity index (χ0n) is 17.9. The zero-order valence-corrected chi connectivity index (χ0v) is 18.7. The topological polar surface area (TPSA) is 132 Å². The van der Waals surface area contributed by atoms with Crippen LogP contribution in [0.15, 0.2) is 71.6 Å². The molecule has 10 nitrogen and oxygen atoms in total. The van der Waals surface area contributed by atoms with Gasteiger partial charge in [0, 0.05) is 24.4 Å². The van der Waals surface area contributed by atoms with Crippen LogP contribution in [-0.4, -0.2) is 31.1 Å². The number of nitrogens with zero attached hydrogens (tertiary/aromatic N) is 2. The maximum Gasteiger partial charge on any atom is 0.263 e. The van der Waals surface area contributed by atoms with E-state index in [4.69, 9.17) is 9.47 Å². The predicted octanol–water partition coefficient (Wildman–Crippen LogP) is 3.86. The molecule has 0 saturated heterocycles. The predicted molar refractivity (Wildman–Crippen MR) is 127 cm³/mol. The van der Waals surface area contributed by atoms with Crippen molar-refractivity contribution in [3.63, 3.8) is 0 Å². The molecule has 0 saturated carbocycles. The molecule has 0 spiro atoms. The molecule has 0 radical (unpaired) electrons. The molecule has 3 aromatic carbocycles. The number of carbonyl (C=O) groups is 1. The molecule has 11 heteroatoms. The normalized spacial score (nSPS) is 12.4. The summed E-state index contributed by atoms with van der Waals surface area (Å²) in [5.74, 6) is 1.19. The first-order chi connectivity index (χ1) is 16.4. The average Bonchev–Trinajstić information content (AvgIpc) is 3.27. The molecule has 0 fully saturated rings. The van der Waals surface area contributed by atoms with Crippen molar-refractivity contribution >= 4 is 50.0 Å². The molecule has 1 aliphatic heterocycles. The maximum atomic E-state index is 13.1. The molecule has 4 aromatic rings. The SMILES string of the molecule is CC(=O)Nc1ccc(S(=O)(=O)Nc2nc3ccccc3nc2Nc2ccc3c(c2)OCO3)cc1. The van der Waals surface area contributed by atoms with E-state index in [1.807, 2.05) is 6.07 Å². The summed E-state index contributed by atoms with van der Waals surface area (Å²) in [6, 6.07) is 18.2. The van der Waals surface area contributed by atoms with E-state index in [-0.39, 0.29) is 29.2 Å². The van der Waals surface area contributed by atoms with E-state index in [0.29, 0.717) is 33.9 Å². The van der Waals surface area contributed by atoms with Crippen molar-refractivity contribution in [1.82, 2.24) is 9.97 Å². The minimum Gasteiger partial charge on any atom is -0.454 e. The van der Waals surface area contributed by atoms with E-state index in [1.54, 1.807) is 36.4 Å². The van der Waals surface area contributed by atoms with Crippen molar-refractivity contribution in [1.29, 1.82) is 0 Å². The smallest absolute Gasteiger partial charge is 0.263 e. The summed E-state index contributed by atoms with van der Waals surface area (Å²) >= 11 is 0. The number of amides is 1. The van der Waals surface area contributed by atoms with Crippen molar-refractivity contribution in [2.45, 2.75) is 11.8 Å². The first kappa shape index (κ1) is 21.5. The Morgan fingerprint density at radius 1 is 0.853 bits per heavy atom. The Bertz CT molecular complexity index is 1510. The van der Waals surface area contributed by atoms with Crippen LogP contribution in [0.1, 0.15) is 6.92 Å². The van der Waals surface area contributed by atoms with Crippen molar-refractivity contribution < 1.29 is 22.7 Å². The summed E-state index contributed by atoms with van der Waals surface area (Å²) in [7, 11) is -4.00. The van der Waals surface area contributed by atoms with Crippen LogP contribution in [0.3, 0.4) is 0 Å². The van der Waals surface area contributed by atoms with Gasteiger partial charge in [-0.2, -0.15) is 0 Å². The van der Waals surface area contributed by atoms with Gasteiger partial charge in [0.15, 0.2) is 23.1 Å². The Hall–Kier alpha value is -4.38. The van der Waals surface area contributed by atoms with Crippen molar-refractivity contribution in [3.8, 4) is 11.5 Å². The van der Waals surface area contributed by atoms with Crippen molar-refractivity contribution in [3.05, 3.63) is 66.7 Å². The third kappa shape index (κ3) is 4.41. The highest BCUT2D eigenvalue weighted by molar-refractivity contribution is 7.92. The van der Waals surface area contributed by atoms with Crippen LogP contribution in [0, 0.1) is 0 Å². The largest absolute Gasteiger partial charge is 0.454 e. The highest BCUT2D eigenvalue weighted by Crippen LogP contribution is 2.36. The van der Waals surface area contributed by atoms with Gasteiger partial charge in [-0.05, 0) is 48.5 Å². The number of para-hydroxylation sites is 2. The number of carbonyl (C=O) groups excluding carboxylic acids is 1. The fourth-order valence-electron chi connectivity index (χ4n) is 3.38. The number of hydrogen-bond acceptors (Lipinski definition) is 8. The fraction of sp³-hybridized carbons (Fsp3) is 0.0870. The number of aromatic nitrogens is 2. The number of sulfonamides is 1. The lowest BCUT2D eigenvalue weighted by atomic mass is 10.2. The Kier molecular flexibility index (Phi) is 5.38. The number of fused-ring (bicyclic) bond motifs is 2. The summed E-state index contributed by atoms with van der Waals surface area (Å²) < 4.78 is 39.5. The van der Waals surface area contributed by atoms with E-state index in [0.717, 1.165) is 0 Å². The molecule has 34 heavy (non-hydrogen) atoms. The van der Waals surface area contributed by atoms with Gasteiger partial charge in [0.2, 0.25) is 12.7 Å². The molecule has 0 aliphatic carbocycles. The Labute approximate surface area is 195 Å². The van der Waals surface area contributed by atoms with Crippen molar-refractivity contribution in [2.24, 2.45) is 0 Å². The summed E-state index contributed by atoms with van der Waals surface area (Å²) in [6.07, 6.45) is 0. The van der Waals surface area contributed by atoms with Crippen LogP contribution >= 0.6 is 0 Å². The first-order valence-electron chi connectivity index (χ1n) is 10.2. The van der Waals surface area contributed by atoms with Gasteiger partial charge in [0.05, 0.1) is 15.9 Å². The number of anilines is 4. The molecular formula is C23H19N5O5S. The monoisotopic (exact) mass is 477 g/mol. The molecular weight excluding hydrogens is 458 g/mol. The molecule has 3 N–H and O–H groups in total. The number of ether oxygens (including phenoxy) is 2. The maximum absolute atomic E-state index is 13.1. The van der Waals surface area contributed by atoms with Gasteiger partial charge in [-0.25, -0.2) is 18.4 Å². The van der Waals surface area contributed by atoms with Crippen LogP contribution in [0.4, 0.5) is 23.0 Å². The molecule has 172 valence electrons. The molecule has 0 atom stereocenters. The summed E-state index contributed by atoms with van der Waals surface area (Å²) in [5, 5.41) is 5.72. The molecule has 0 bridgehead atoms. The van der Waals surface area contributed by atoms with Gasteiger partial charge >= 0.3 is 0 Å². The lowest BCUT2D eigenvalue weighted by Gasteiger charge is -2.14. The average molecular weight is 478 g/mol. The second-order valence-electron chi connectivity index (χ2n) is 7.41. The van der Waals surface area contributed by atoms with Crippen molar-refractivity contribution in [2.75, 3.05) is 22.1 Å². The summed E-state index contributed by atoms with van der Waals surface area (Å²) in [5.41, 5.74) is 2.22. The van der Waals surface area contributed by atoms with Gasteiger partial charge < -0.3 is 20.1 Å². The fourth-order valence-corrected chi connectivity index (χ4v) is 4.39. The van der Waals surface area contributed by atoms with Gasteiger partial charge in [0.1, 0.15) is 0 Å². The van der Waals surface area contributed by atoms with Crippen LogP contribution in [0.25, 0.3) is 11.0 Å². The molecule has 1 aromatic heterocycles. The molecule has 2 heterocycles. The lowest BCUT2D eigenvalue weighted by molar-refractivity contribution is -0.114. The standard InChI is InChI=1S/C23H19N5O5S/c1-14(29)24-15-6-9-17(10-7-15)34(30,31)28-23-22(26-18-4-2-3-5-19(18)27-23)25-16-8-11-20-21(12-16)33-13-32-20/h2-12H,13H2,1H3,(H,24,29)(H,25,26)(H,27,28). The van der Waals surface area contributed by atoms with E-state index in [2.05, 4.69) is 25.3 Å². The van der Waals surface area contributed by atoms with E-state index >= 15 is 0 Å². The van der Waals surface area contributed by atoms with E-state index in [9.17, 15) is 13.2 Å². The highest BCUT2D eigenvalue weighted by Gasteiger charge is 2.20. The third-order valence-corrected chi connectivity index (χ3v) is 6.28. The Morgan fingerprint density at radius 3 is 2.21 bits per heavy atom. The summed E-state index contributed by atoms with van der Waals surface area (Å²) in [4.78, 5) is 20.3. The number of hydrogen-bond donors (Lipinski definition) is 3. The van der Waals surface area contributed by atoms with Crippen LogP contribution in [0.5, 0.6) is 11.5 Å². The number of benzene rings is 3. The van der Waals surface area contributed by atoms with Gasteiger partial charge in [0.25, 0.3) is 10.0 Å².